The molecule has 0 unspecified atom stereocenters. The van der Waals surface area contributed by atoms with Crippen LogP contribution in [0.4, 0.5) is 0 Å². The van der Waals surface area contributed by atoms with Crippen molar-refractivity contribution in [3.8, 4) is 17.9 Å². The fraction of sp³-hybridized carbons (Fsp3) is 0.185. The van der Waals surface area contributed by atoms with Crippen LogP contribution in [0.3, 0.4) is 0 Å². The molecule has 0 atom stereocenters. The standard InChI is InChI=1S/C27H21ClN2O4S/c1-3-33-27(32)26-17(2)23(15-30)25(35-26)13-24(31)20(14-29)12-18-6-10-22(11-7-18)34-16-19-4-8-21(28)9-5-19/h4-12H,3,13,16H2,1-2H3/b20-12+. The second-order valence-electron chi connectivity index (χ2n) is 7.44. The quantitative estimate of drug-likeness (QED) is 0.199. The molecule has 0 aliphatic heterocycles. The van der Waals surface area contributed by atoms with Crippen molar-refractivity contribution in [2.75, 3.05) is 6.61 Å². The van der Waals surface area contributed by atoms with E-state index in [-0.39, 0.29) is 24.2 Å². The van der Waals surface area contributed by atoms with Crippen molar-refractivity contribution in [2.24, 2.45) is 0 Å². The van der Waals surface area contributed by atoms with Gasteiger partial charge in [-0.1, -0.05) is 35.9 Å². The first-order chi connectivity index (χ1) is 16.9. The molecule has 176 valence electrons. The van der Waals surface area contributed by atoms with Gasteiger partial charge in [-0.15, -0.1) is 11.3 Å². The maximum atomic E-state index is 12.8. The molecule has 35 heavy (non-hydrogen) atoms. The predicted octanol–water partition coefficient (Wildman–Crippen LogP) is 6.06. The number of Topliss-reactive ketones (excluding diaryl/α,β-unsaturated/α-hetero) is 1. The van der Waals surface area contributed by atoms with Gasteiger partial charge in [0.25, 0.3) is 0 Å². The second-order valence-corrected chi connectivity index (χ2v) is 8.98. The molecular formula is C27H21ClN2O4S. The lowest BCUT2D eigenvalue weighted by Gasteiger charge is -2.07. The Labute approximate surface area is 212 Å². The molecular weight excluding hydrogens is 484 g/mol. The van der Waals surface area contributed by atoms with Gasteiger partial charge in [0.1, 0.15) is 29.4 Å². The number of carbonyl (C=O) groups is 2. The lowest BCUT2D eigenvalue weighted by molar-refractivity contribution is -0.114. The Morgan fingerprint density at radius 1 is 1.09 bits per heavy atom. The normalized spacial score (nSPS) is 10.8. The monoisotopic (exact) mass is 504 g/mol. The van der Waals surface area contributed by atoms with Gasteiger partial charge in [0, 0.05) is 16.3 Å². The minimum Gasteiger partial charge on any atom is -0.489 e. The summed E-state index contributed by atoms with van der Waals surface area (Å²) < 4.78 is 10.8. The Hall–Kier alpha value is -3.91. The van der Waals surface area contributed by atoms with E-state index in [1.165, 1.54) is 6.08 Å². The van der Waals surface area contributed by atoms with E-state index in [0.29, 0.717) is 38.3 Å². The molecule has 0 amide bonds. The number of nitriles is 2. The Morgan fingerprint density at radius 2 is 1.77 bits per heavy atom. The number of rotatable bonds is 9. The average Bonchev–Trinajstić information content (AvgIpc) is 3.17. The van der Waals surface area contributed by atoms with Gasteiger partial charge in [-0.3, -0.25) is 4.79 Å². The largest absolute Gasteiger partial charge is 0.489 e. The Balaban J connectivity index is 1.71. The highest BCUT2D eigenvalue weighted by Gasteiger charge is 2.23. The van der Waals surface area contributed by atoms with Gasteiger partial charge >= 0.3 is 5.97 Å². The third kappa shape index (κ3) is 6.58. The molecule has 1 aromatic heterocycles. The highest BCUT2D eigenvalue weighted by molar-refractivity contribution is 7.14. The summed E-state index contributed by atoms with van der Waals surface area (Å²) in [6.45, 7) is 3.92. The molecule has 0 aliphatic rings. The SMILES string of the molecule is CCOC(=O)c1sc(CC(=O)/C(C#N)=C/c2ccc(OCc3ccc(Cl)cc3)cc2)c(C#N)c1C. The van der Waals surface area contributed by atoms with Crippen molar-refractivity contribution in [3.05, 3.63) is 91.1 Å². The van der Waals surface area contributed by atoms with E-state index in [4.69, 9.17) is 21.1 Å². The summed E-state index contributed by atoms with van der Waals surface area (Å²) in [6, 6.07) is 18.3. The van der Waals surface area contributed by atoms with Gasteiger partial charge in [0.05, 0.1) is 17.7 Å². The molecule has 0 N–H and O–H groups in total. The van der Waals surface area contributed by atoms with Gasteiger partial charge in [0.15, 0.2) is 5.78 Å². The van der Waals surface area contributed by atoms with Crippen LogP contribution >= 0.6 is 22.9 Å². The molecule has 2 aromatic carbocycles. The van der Waals surface area contributed by atoms with Gasteiger partial charge in [-0.25, -0.2) is 4.79 Å². The highest BCUT2D eigenvalue weighted by Crippen LogP contribution is 2.29. The number of halogens is 1. The van der Waals surface area contributed by atoms with Gasteiger partial charge in [-0.2, -0.15) is 10.5 Å². The molecule has 0 saturated carbocycles. The van der Waals surface area contributed by atoms with E-state index in [0.717, 1.165) is 16.9 Å². The fourth-order valence-corrected chi connectivity index (χ4v) is 4.50. The predicted molar refractivity (Wildman–Crippen MR) is 134 cm³/mol. The third-order valence-electron chi connectivity index (χ3n) is 5.04. The van der Waals surface area contributed by atoms with Crippen molar-refractivity contribution in [3.63, 3.8) is 0 Å². The molecule has 0 bridgehead atoms. The number of carbonyl (C=O) groups excluding carboxylic acids is 2. The maximum absolute atomic E-state index is 12.8. The topological polar surface area (TPSA) is 100 Å². The average molecular weight is 505 g/mol. The zero-order valence-electron chi connectivity index (χ0n) is 19.1. The first-order valence-corrected chi connectivity index (χ1v) is 11.9. The van der Waals surface area contributed by atoms with Crippen LogP contribution in [0.2, 0.25) is 5.02 Å². The van der Waals surface area contributed by atoms with Crippen molar-refractivity contribution < 1.29 is 19.1 Å². The van der Waals surface area contributed by atoms with Crippen LogP contribution in [0.15, 0.2) is 54.1 Å². The molecule has 0 saturated heterocycles. The maximum Gasteiger partial charge on any atom is 0.348 e. The molecule has 3 rings (SSSR count). The molecule has 0 spiro atoms. The summed E-state index contributed by atoms with van der Waals surface area (Å²) >= 11 is 6.94. The number of ketones is 1. The van der Waals surface area contributed by atoms with Crippen LogP contribution in [0.5, 0.6) is 5.75 Å². The highest BCUT2D eigenvalue weighted by atomic mass is 35.5. The minimum absolute atomic E-state index is 0.0486. The second kappa shape index (κ2) is 12.0. The van der Waals surface area contributed by atoms with Crippen molar-refractivity contribution in [1.29, 1.82) is 10.5 Å². The number of allylic oxidation sites excluding steroid dienone is 1. The van der Waals surface area contributed by atoms with E-state index in [1.54, 1.807) is 50.2 Å². The van der Waals surface area contributed by atoms with E-state index < -0.39 is 11.8 Å². The van der Waals surface area contributed by atoms with Gasteiger partial charge < -0.3 is 9.47 Å². The number of hydrogen-bond acceptors (Lipinski definition) is 7. The number of benzene rings is 2. The molecule has 0 aliphatic carbocycles. The van der Waals surface area contributed by atoms with Gasteiger partial charge in [-0.05, 0) is 60.9 Å². The molecule has 8 heteroatoms. The summed E-state index contributed by atoms with van der Waals surface area (Å²) in [6.07, 6.45) is 1.33. The number of ether oxygens (including phenoxy) is 2. The van der Waals surface area contributed by atoms with Crippen molar-refractivity contribution in [1.82, 2.24) is 0 Å². The van der Waals surface area contributed by atoms with Crippen LogP contribution in [0.25, 0.3) is 6.08 Å². The summed E-state index contributed by atoms with van der Waals surface area (Å²) in [5.74, 6) is -0.329. The van der Waals surface area contributed by atoms with Crippen LogP contribution in [-0.2, 0) is 22.6 Å². The van der Waals surface area contributed by atoms with E-state index >= 15 is 0 Å². The van der Waals surface area contributed by atoms with Crippen molar-refractivity contribution in [2.45, 2.75) is 26.9 Å². The molecule has 1 heterocycles. The number of nitrogens with zero attached hydrogens (tertiary/aromatic N) is 2. The molecule has 0 radical (unpaired) electrons. The summed E-state index contributed by atoms with van der Waals surface area (Å²) in [5, 5.41) is 19.7. The van der Waals surface area contributed by atoms with Gasteiger partial charge in [0.2, 0.25) is 0 Å². The van der Waals surface area contributed by atoms with Crippen LogP contribution in [-0.4, -0.2) is 18.4 Å². The lowest BCUT2D eigenvalue weighted by Crippen LogP contribution is -2.05. The zero-order chi connectivity index (χ0) is 25.4. The zero-order valence-corrected chi connectivity index (χ0v) is 20.7. The van der Waals surface area contributed by atoms with E-state index in [1.807, 2.05) is 18.2 Å². The molecule has 6 nitrogen and oxygen atoms in total. The third-order valence-corrected chi connectivity index (χ3v) is 6.57. The van der Waals surface area contributed by atoms with E-state index in [9.17, 15) is 20.1 Å². The Kier molecular flexibility index (Phi) is 8.80. The Bertz CT molecular complexity index is 1340. The first kappa shape index (κ1) is 25.7. The smallest absolute Gasteiger partial charge is 0.348 e. The summed E-state index contributed by atoms with van der Waals surface area (Å²) in [7, 11) is 0. The fourth-order valence-electron chi connectivity index (χ4n) is 3.23. The Morgan fingerprint density at radius 3 is 2.37 bits per heavy atom. The number of hydrogen-bond donors (Lipinski definition) is 0. The minimum atomic E-state index is -0.528. The van der Waals surface area contributed by atoms with Crippen molar-refractivity contribution >= 4 is 40.8 Å². The lowest BCUT2D eigenvalue weighted by atomic mass is 10.0. The molecule has 3 aromatic rings. The van der Waals surface area contributed by atoms with E-state index in [2.05, 4.69) is 6.07 Å². The number of thiophene rings is 1. The summed E-state index contributed by atoms with van der Waals surface area (Å²) in [4.78, 5) is 25.7. The van der Waals surface area contributed by atoms with Crippen LogP contribution in [0, 0.1) is 29.6 Å². The summed E-state index contributed by atoms with van der Waals surface area (Å²) in [5.41, 5.74) is 2.33. The van der Waals surface area contributed by atoms with Crippen LogP contribution in [0.1, 0.15) is 43.7 Å². The van der Waals surface area contributed by atoms with Crippen LogP contribution < -0.4 is 4.74 Å². The number of esters is 1. The first-order valence-electron chi connectivity index (χ1n) is 10.7. The molecule has 0 fully saturated rings.